The van der Waals surface area contributed by atoms with Crippen molar-refractivity contribution in [2.24, 2.45) is 5.92 Å². The van der Waals surface area contributed by atoms with Gasteiger partial charge in [-0.25, -0.2) is 4.79 Å². The summed E-state index contributed by atoms with van der Waals surface area (Å²) in [5.41, 5.74) is 1.00. The number of hydrogen-bond donors (Lipinski definition) is 2. The van der Waals surface area contributed by atoms with E-state index in [2.05, 4.69) is 17.6 Å². The quantitative estimate of drug-likeness (QED) is 0.522. The highest BCUT2D eigenvalue weighted by Gasteiger charge is 2.35. The second kappa shape index (κ2) is 12.5. The van der Waals surface area contributed by atoms with Crippen molar-refractivity contribution in [2.45, 2.75) is 85.4 Å². The number of rotatable bonds is 10. The highest BCUT2D eigenvalue weighted by molar-refractivity contribution is 5.92. The predicted molar refractivity (Wildman–Crippen MR) is 127 cm³/mol. The third-order valence-electron chi connectivity index (χ3n) is 5.15. The Hall–Kier alpha value is -2.57. The number of aryl methyl sites for hydroxylation is 1. The third-order valence-corrected chi connectivity index (χ3v) is 5.15. The highest BCUT2D eigenvalue weighted by Crippen LogP contribution is 2.25. The van der Waals surface area contributed by atoms with E-state index in [1.54, 1.807) is 27.8 Å². The molecular formula is C25H41N3O4. The van der Waals surface area contributed by atoms with Gasteiger partial charge in [-0.05, 0) is 51.2 Å². The number of nitrogens with one attached hydrogen (secondary N) is 2. The lowest BCUT2D eigenvalue weighted by Crippen LogP contribution is -2.53. The standard InChI is InChI=1S/C25H41N3O4/c1-9-10-13-16-26-22(29)21(19-15-12-11-14-18(19)4)28(8)23(30)20(17(2)3)27-24(31)32-25(5,6)7/h11-12,14-15,17,20-21H,9-10,13,16H2,1-8H3,(H,26,29)(H,27,31). The van der Waals surface area contributed by atoms with E-state index in [-0.39, 0.29) is 17.7 Å². The Labute approximate surface area is 193 Å². The van der Waals surface area contributed by atoms with Gasteiger partial charge in [0, 0.05) is 13.6 Å². The Morgan fingerprint density at radius 1 is 1.09 bits per heavy atom. The summed E-state index contributed by atoms with van der Waals surface area (Å²) in [6.07, 6.45) is 2.31. The first-order chi connectivity index (χ1) is 14.9. The molecule has 32 heavy (non-hydrogen) atoms. The molecule has 1 aromatic carbocycles. The molecule has 1 rings (SSSR count). The van der Waals surface area contributed by atoms with Gasteiger partial charge in [0.1, 0.15) is 17.7 Å². The van der Waals surface area contributed by atoms with E-state index in [0.717, 1.165) is 30.4 Å². The summed E-state index contributed by atoms with van der Waals surface area (Å²) in [4.78, 5) is 40.4. The first-order valence-corrected chi connectivity index (χ1v) is 11.5. The van der Waals surface area contributed by atoms with Crippen LogP contribution in [0, 0.1) is 12.8 Å². The first kappa shape index (κ1) is 27.5. The minimum atomic E-state index is -0.825. The fourth-order valence-electron chi connectivity index (χ4n) is 3.40. The Bertz CT molecular complexity index is 771. The van der Waals surface area contributed by atoms with E-state index < -0.39 is 23.8 Å². The van der Waals surface area contributed by atoms with Crippen LogP contribution in [0.15, 0.2) is 24.3 Å². The summed E-state index contributed by atoms with van der Waals surface area (Å²) >= 11 is 0. The van der Waals surface area contributed by atoms with E-state index >= 15 is 0 Å². The zero-order valence-corrected chi connectivity index (χ0v) is 21.0. The molecule has 0 aliphatic carbocycles. The molecule has 0 heterocycles. The summed E-state index contributed by atoms with van der Waals surface area (Å²) in [5.74, 6) is -0.767. The average molecular weight is 448 g/mol. The number of alkyl carbamates (subject to hydrolysis) is 1. The van der Waals surface area contributed by atoms with Crippen molar-refractivity contribution in [1.82, 2.24) is 15.5 Å². The number of hydrogen-bond acceptors (Lipinski definition) is 4. The molecule has 0 radical (unpaired) electrons. The molecule has 2 N–H and O–H groups in total. The van der Waals surface area contributed by atoms with E-state index in [0.29, 0.717) is 6.54 Å². The molecule has 0 saturated heterocycles. The topological polar surface area (TPSA) is 87.7 Å². The lowest BCUT2D eigenvalue weighted by atomic mass is 9.97. The van der Waals surface area contributed by atoms with Crippen molar-refractivity contribution in [3.8, 4) is 0 Å². The fourth-order valence-corrected chi connectivity index (χ4v) is 3.40. The number of amides is 3. The molecule has 0 aliphatic rings. The van der Waals surface area contributed by atoms with Crippen LogP contribution >= 0.6 is 0 Å². The Kier molecular flexibility index (Phi) is 10.7. The second-order valence-corrected chi connectivity index (χ2v) is 9.57. The third kappa shape index (κ3) is 8.52. The maximum Gasteiger partial charge on any atom is 0.408 e. The Morgan fingerprint density at radius 2 is 1.72 bits per heavy atom. The van der Waals surface area contributed by atoms with Crippen molar-refractivity contribution in [2.75, 3.05) is 13.6 Å². The molecule has 180 valence electrons. The van der Waals surface area contributed by atoms with E-state index in [1.165, 1.54) is 4.90 Å². The molecule has 1 aromatic rings. The lowest BCUT2D eigenvalue weighted by Gasteiger charge is -2.33. The molecule has 0 spiro atoms. The van der Waals surface area contributed by atoms with Crippen molar-refractivity contribution in [1.29, 1.82) is 0 Å². The number of nitrogens with zero attached hydrogens (tertiary/aromatic N) is 1. The SMILES string of the molecule is CCCCCNC(=O)C(c1ccccc1C)N(C)C(=O)C(NC(=O)OC(C)(C)C)C(C)C. The number of likely N-dealkylation sites (N-methyl/N-ethyl adjacent to an activating group) is 1. The minimum Gasteiger partial charge on any atom is -0.444 e. The molecule has 7 heteroatoms. The normalized spacial score (nSPS) is 13.3. The zero-order valence-electron chi connectivity index (χ0n) is 21.0. The van der Waals surface area contributed by atoms with Crippen molar-refractivity contribution >= 4 is 17.9 Å². The van der Waals surface area contributed by atoms with Gasteiger partial charge in [-0.2, -0.15) is 0 Å². The number of carbonyl (C=O) groups is 3. The maximum atomic E-state index is 13.5. The largest absolute Gasteiger partial charge is 0.444 e. The van der Waals surface area contributed by atoms with Crippen LogP contribution in [-0.2, 0) is 14.3 Å². The molecule has 0 bridgehead atoms. The van der Waals surface area contributed by atoms with Crippen molar-refractivity contribution in [3.63, 3.8) is 0 Å². The number of benzene rings is 1. The molecule has 7 nitrogen and oxygen atoms in total. The lowest BCUT2D eigenvalue weighted by molar-refractivity contribution is -0.141. The highest BCUT2D eigenvalue weighted by atomic mass is 16.6. The van der Waals surface area contributed by atoms with Crippen molar-refractivity contribution < 1.29 is 19.1 Å². The number of ether oxygens (including phenoxy) is 1. The molecule has 0 aliphatic heterocycles. The zero-order chi connectivity index (χ0) is 24.5. The first-order valence-electron chi connectivity index (χ1n) is 11.5. The van der Waals surface area contributed by atoms with Gasteiger partial charge in [0.05, 0.1) is 0 Å². The van der Waals surface area contributed by atoms with Crippen LogP contribution in [0.3, 0.4) is 0 Å². The van der Waals surface area contributed by atoms with Crippen LogP contribution in [0.4, 0.5) is 4.79 Å². The predicted octanol–water partition coefficient (Wildman–Crippen LogP) is 4.35. The number of carbonyl (C=O) groups excluding carboxylic acids is 3. The average Bonchev–Trinajstić information content (AvgIpc) is 2.69. The van der Waals surface area contributed by atoms with Crippen LogP contribution < -0.4 is 10.6 Å². The van der Waals surface area contributed by atoms with Crippen LogP contribution in [-0.4, -0.2) is 48.0 Å². The van der Waals surface area contributed by atoms with Crippen LogP contribution in [0.5, 0.6) is 0 Å². The second-order valence-electron chi connectivity index (χ2n) is 9.57. The van der Waals surface area contributed by atoms with E-state index in [4.69, 9.17) is 4.74 Å². The van der Waals surface area contributed by atoms with E-state index in [1.807, 2.05) is 45.0 Å². The molecule has 2 unspecified atom stereocenters. The summed E-state index contributed by atoms with van der Waals surface area (Å²) in [6, 6.07) is 5.92. The number of unbranched alkanes of at least 4 members (excludes halogenated alkanes) is 2. The maximum absolute atomic E-state index is 13.5. The van der Waals surface area contributed by atoms with Gasteiger partial charge >= 0.3 is 6.09 Å². The van der Waals surface area contributed by atoms with Gasteiger partial charge in [-0.1, -0.05) is 57.9 Å². The van der Waals surface area contributed by atoms with Gasteiger partial charge in [0.15, 0.2) is 0 Å². The molecule has 0 fully saturated rings. The van der Waals surface area contributed by atoms with E-state index in [9.17, 15) is 14.4 Å². The molecule has 0 saturated carbocycles. The Morgan fingerprint density at radius 3 is 2.25 bits per heavy atom. The molecule has 2 atom stereocenters. The summed E-state index contributed by atoms with van der Waals surface area (Å²) < 4.78 is 5.34. The summed E-state index contributed by atoms with van der Waals surface area (Å²) in [5, 5.41) is 5.66. The fraction of sp³-hybridized carbons (Fsp3) is 0.640. The summed E-state index contributed by atoms with van der Waals surface area (Å²) in [6.45, 7) is 13.6. The van der Waals surface area contributed by atoms with Crippen LogP contribution in [0.1, 0.15) is 78.0 Å². The van der Waals surface area contributed by atoms with Gasteiger partial charge in [-0.3, -0.25) is 9.59 Å². The van der Waals surface area contributed by atoms with Gasteiger partial charge in [0.2, 0.25) is 11.8 Å². The smallest absolute Gasteiger partial charge is 0.408 e. The van der Waals surface area contributed by atoms with Gasteiger partial charge in [0.25, 0.3) is 0 Å². The van der Waals surface area contributed by atoms with Crippen molar-refractivity contribution in [3.05, 3.63) is 35.4 Å². The van der Waals surface area contributed by atoms with Gasteiger partial charge < -0.3 is 20.3 Å². The molecular weight excluding hydrogens is 406 g/mol. The van der Waals surface area contributed by atoms with Crippen LogP contribution in [0.25, 0.3) is 0 Å². The van der Waals surface area contributed by atoms with Crippen LogP contribution in [0.2, 0.25) is 0 Å². The van der Waals surface area contributed by atoms with Gasteiger partial charge in [-0.15, -0.1) is 0 Å². The molecule has 0 aromatic heterocycles. The summed E-state index contributed by atoms with van der Waals surface area (Å²) in [7, 11) is 1.61. The molecule has 3 amide bonds. The monoisotopic (exact) mass is 447 g/mol. The minimum absolute atomic E-state index is 0.192. The Balaban J connectivity index is 3.15.